The first-order valence-corrected chi connectivity index (χ1v) is 11.7. The quantitative estimate of drug-likeness (QED) is 0.443. The fourth-order valence-electron chi connectivity index (χ4n) is 3.93. The van der Waals surface area contributed by atoms with Crippen LogP contribution in [0.4, 0.5) is 23.0 Å². The van der Waals surface area contributed by atoms with Gasteiger partial charge in [-0.2, -0.15) is 0 Å². The molecule has 2 heterocycles. The molecule has 3 aromatic rings. The molecule has 8 nitrogen and oxygen atoms in total. The Balaban J connectivity index is 1.42. The van der Waals surface area contributed by atoms with E-state index in [-0.39, 0.29) is 11.8 Å². The lowest BCUT2D eigenvalue weighted by molar-refractivity contribution is -0.119. The molecule has 4 N–H and O–H groups in total. The second kappa shape index (κ2) is 11.0. The number of nitrogens with one attached hydrogen (secondary N) is 2. The van der Waals surface area contributed by atoms with Crippen molar-refractivity contribution in [3.05, 3.63) is 60.8 Å². The van der Waals surface area contributed by atoms with Crippen LogP contribution in [0.25, 0.3) is 11.3 Å². The average Bonchev–Trinajstić information content (AvgIpc) is 2.88. The summed E-state index contributed by atoms with van der Waals surface area (Å²) in [5.41, 5.74) is 10.3. The molecular formula is C26H32N6O2. The number of hydrogen-bond acceptors (Lipinski definition) is 7. The largest absolute Gasteiger partial charge is 0.378 e. The molecule has 0 spiro atoms. The Labute approximate surface area is 200 Å². The molecule has 0 saturated carbocycles. The maximum Gasteiger partial charge on any atom is 0.240 e. The molecule has 1 fully saturated rings. The highest BCUT2D eigenvalue weighted by atomic mass is 16.5. The van der Waals surface area contributed by atoms with Gasteiger partial charge in [0.05, 0.1) is 18.9 Å². The third-order valence-corrected chi connectivity index (χ3v) is 6.18. The van der Waals surface area contributed by atoms with E-state index in [4.69, 9.17) is 10.5 Å². The monoisotopic (exact) mass is 460 g/mol. The van der Waals surface area contributed by atoms with Crippen LogP contribution < -0.4 is 21.3 Å². The molecule has 178 valence electrons. The third-order valence-electron chi connectivity index (χ3n) is 6.18. The molecule has 1 aromatic heterocycles. The fourth-order valence-corrected chi connectivity index (χ4v) is 3.93. The van der Waals surface area contributed by atoms with Gasteiger partial charge < -0.3 is 26.0 Å². The van der Waals surface area contributed by atoms with Crippen molar-refractivity contribution >= 4 is 28.9 Å². The Morgan fingerprint density at radius 3 is 2.38 bits per heavy atom. The minimum Gasteiger partial charge on any atom is -0.378 e. The first kappa shape index (κ1) is 23.5. The topological polar surface area (TPSA) is 105 Å². The SMILES string of the molecule is CC[C@@H](C)[C@@H](Nc1ccc(-c2ccnc(Nc3ccc(N4CCOCC4)cc3)n2)cc1)C(N)=O. The average molecular weight is 461 g/mol. The van der Waals surface area contributed by atoms with Gasteiger partial charge in [0.1, 0.15) is 6.04 Å². The van der Waals surface area contributed by atoms with Gasteiger partial charge in [0.15, 0.2) is 0 Å². The normalized spacial score (nSPS) is 15.4. The number of benzene rings is 2. The minimum absolute atomic E-state index is 0.149. The molecule has 1 saturated heterocycles. The number of anilines is 4. The smallest absolute Gasteiger partial charge is 0.240 e. The summed E-state index contributed by atoms with van der Waals surface area (Å²) < 4.78 is 5.43. The summed E-state index contributed by atoms with van der Waals surface area (Å²) in [6, 6.07) is 17.6. The Morgan fingerprint density at radius 1 is 1.06 bits per heavy atom. The lowest BCUT2D eigenvalue weighted by Gasteiger charge is -2.28. The number of primary amides is 1. The Morgan fingerprint density at radius 2 is 1.74 bits per heavy atom. The zero-order chi connectivity index (χ0) is 23.9. The molecule has 34 heavy (non-hydrogen) atoms. The highest BCUT2D eigenvalue weighted by Crippen LogP contribution is 2.24. The number of nitrogens with two attached hydrogens (primary N) is 1. The lowest BCUT2D eigenvalue weighted by Crippen LogP contribution is -2.40. The van der Waals surface area contributed by atoms with Crippen LogP contribution in [-0.2, 0) is 9.53 Å². The van der Waals surface area contributed by atoms with Gasteiger partial charge in [0.25, 0.3) is 0 Å². The van der Waals surface area contributed by atoms with E-state index >= 15 is 0 Å². The van der Waals surface area contributed by atoms with E-state index in [1.807, 2.05) is 56.3 Å². The molecule has 0 unspecified atom stereocenters. The van der Waals surface area contributed by atoms with Crippen LogP contribution in [-0.4, -0.2) is 48.2 Å². The number of ether oxygens (including phenoxy) is 1. The van der Waals surface area contributed by atoms with E-state index < -0.39 is 6.04 Å². The second-order valence-electron chi connectivity index (χ2n) is 8.52. The number of hydrogen-bond donors (Lipinski definition) is 3. The first-order chi connectivity index (χ1) is 16.5. The number of aromatic nitrogens is 2. The highest BCUT2D eigenvalue weighted by molar-refractivity contribution is 5.83. The minimum atomic E-state index is -0.402. The molecule has 2 atom stereocenters. The summed E-state index contributed by atoms with van der Waals surface area (Å²) in [5.74, 6) is 0.336. The van der Waals surface area contributed by atoms with Crippen molar-refractivity contribution in [1.82, 2.24) is 9.97 Å². The highest BCUT2D eigenvalue weighted by Gasteiger charge is 2.21. The number of morpholine rings is 1. The van der Waals surface area contributed by atoms with Crippen LogP contribution in [0.1, 0.15) is 20.3 Å². The van der Waals surface area contributed by atoms with E-state index in [1.165, 1.54) is 5.69 Å². The summed E-state index contributed by atoms with van der Waals surface area (Å²) in [4.78, 5) is 23.2. The molecule has 8 heteroatoms. The number of nitrogens with zero attached hydrogens (tertiary/aromatic N) is 3. The van der Waals surface area contributed by atoms with E-state index in [2.05, 4.69) is 37.6 Å². The van der Waals surface area contributed by atoms with Crippen LogP contribution in [0.15, 0.2) is 60.8 Å². The molecule has 1 aliphatic heterocycles. The number of carbonyl (C=O) groups excluding carboxylic acids is 1. The van der Waals surface area contributed by atoms with Crippen molar-refractivity contribution in [1.29, 1.82) is 0 Å². The van der Waals surface area contributed by atoms with Gasteiger partial charge >= 0.3 is 0 Å². The van der Waals surface area contributed by atoms with Gasteiger partial charge in [-0.25, -0.2) is 9.97 Å². The summed E-state index contributed by atoms with van der Waals surface area (Å²) in [6.45, 7) is 7.41. The zero-order valence-electron chi connectivity index (χ0n) is 19.7. The standard InChI is InChI=1S/C26H32N6O2/c1-3-18(2)24(25(27)33)29-20-6-4-19(5-7-20)23-12-13-28-26(31-23)30-21-8-10-22(11-9-21)32-14-16-34-17-15-32/h4-13,18,24,29H,3,14-17H2,1-2H3,(H2,27,33)(H,28,30,31)/t18-,24-/m1/s1. The Bertz CT molecular complexity index is 1080. The summed E-state index contributed by atoms with van der Waals surface area (Å²) >= 11 is 0. The van der Waals surface area contributed by atoms with Crippen LogP contribution >= 0.6 is 0 Å². The molecule has 0 bridgehead atoms. The number of carbonyl (C=O) groups is 1. The zero-order valence-corrected chi connectivity index (χ0v) is 19.7. The second-order valence-corrected chi connectivity index (χ2v) is 8.52. The Hall–Kier alpha value is -3.65. The van der Waals surface area contributed by atoms with E-state index in [1.54, 1.807) is 6.20 Å². The number of amides is 1. The van der Waals surface area contributed by atoms with Crippen LogP contribution in [0.5, 0.6) is 0 Å². The van der Waals surface area contributed by atoms with Crippen LogP contribution in [0.2, 0.25) is 0 Å². The predicted molar refractivity (Wildman–Crippen MR) is 136 cm³/mol. The summed E-state index contributed by atoms with van der Waals surface area (Å²) in [6.07, 6.45) is 2.61. The van der Waals surface area contributed by atoms with Crippen molar-refractivity contribution in [2.45, 2.75) is 26.3 Å². The maximum absolute atomic E-state index is 11.8. The van der Waals surface area contributed by atoms with E-state index in [0.717, 1.165) is 55.4 Å². The molecule has 2 aromatic carbocycles. The van der Waals surface area contributed by atoms with Crippen molar-refractivity contribution in [3.63, 3.8) is 0 Å². The lowest BCUT2D eigenvalue weighted by atomic mass is 9.98. The Kier molecular flexibility index (Phi) is 7.59. The van der Waals surface area contributed by atoms with Gasteiger partial charge in [0.2, 0.25) is 11.9 Å². The molecule has 4 rings (SSSR count). The summed E-state index contributed by atoms with van der Waals surface area (Å²) in [5, 5.41) is 6.53. The third kappa shape index (κ3) is 5.82. The van der Waals surface area contributed by atoms with Crippen LogP contribution in [0, 0.1) is 5.92 Å². The molecule has 0 radical (unpaired) electrons. The molecule has 0 aliphatic carbocycles. The van der Waals surface area contributed by atoms with Gasteiger partial charge in [-0.1, -0.05) is 32.4 Å². The predicted octanol–water partition coefficient (Wildman–Crippen LogP) is 4.04. The fraction of sp³-hybridized carbons (Fsp3) is 0.346. The van der Waals surface area contributed by atoms with E-state index in [0.29, 0.717) is 5.95 Å². The molecule has 1 amide bonds. The van der Waals surface area contributed by atoms with Gasteiger partial charge in [-0.3, -0.25) is 4.79 Å². The molecule has 1 aliphatic rings. The molecular weight excluding hydrogens is 428 g/mol. The number of rotatable bonds is 9. The van der Waals surface area contributed by atoms with Crippen molar-refractivity contribution in [3.8, 4) is 11.3 Å². The van der Waals surface area contributed by atoms with Gasteiger partial charge in [-0.15, -0.1) is 0 Å². The van der Waals surface area contributed by atoms with Gasteiger partial charge in [-0.05, 0) is 48.4 Å². The van der Waals surface area contributed by atoms with Crippen molar-refractivity contribution in [2.24, 2.45) is 11.7 Å². The summed E-state index contributed by atoms with van der Waals surface area (Å²) in [7, 11) is 0. The maximum atomic E-state index is 11.8. The van der Waals surface area contributed by atoms with E-state index in [9.17, 15) is 4.79 Å². The van der Waals surface area contributed by atoms with Crippen LogP contribution in [0.3, 0.4) is 0 Å². The first-order valence-electron chi connectivity index (χ1n) is 11.7. The van der Waals surface area contributed by atoms with Crippen molar-refractivity contribution in [2.75, 3.05) is 41.8 Å². The van der Waals surface area contributed by atoms with Gasteiger partial charge in [0, 0.05) is 41.9 Å². The van der Waals surface area contributed by atoms with Crippen molar-refractivity contribution < 1.29 is 9.53 Å².